The predicted octanol–water partition coefficient (Wildman–Crippen LogP) is 2.44. The van der Waals surface area contributed by atoms with Crippen molar-refractivity contribution in [1.29, 1.82) is 0 Å². The van der Waals surface area contributed by atoms with E-state index in [1.54, 1.807) is 20.8 Å². The van der Waals surface area contributed by atoms with Crippen LogP contribution in [0.25, 0.3) is 0 Å². The summed E-state index contributed by atoms with van der Waals surface area (Å²) in [6, 6.07) is 2.70. The summed E-state index contributed by atoms with van der Waals surface area (Å²) in [5.74, 6) is -1.26. The highest BCUT2D eigenvalue weighted by Gasteiger charge is 2.20. The molecular weight excluding hydrogens is 272 g/mol. The van der Waals surface area contributed by atoms with Gasteiger partial charge in [0.05, 0.1) is 5.75 Å². The fourth-order valence-corrected chi connectivity index (χ4v) is 3.08. The van der Waals surface area contributed by atoms with Gasteiger partial charge in [0.2, 0.25) is 0 Å². The van der Waals surface area contributed by atoms with Crippen LogP contribution >= 0.6 is 0 Å². The van der Waals surface area contributed by atoms with E-state index >= 15 is 0 Å². The molecule has 0 aromatic heterocycles. The Morgan fingerprint density at radius 2 is 1.74 bits per heavy atom. The molecule has 0 amide bonds. The van der Waals surface area contributed by atoms with Crippen LogP contribution in [0.1, 0.15) is 32.4 Å². The molecule has 0 radical (unpaired) electrons. The first-order valence-corrected chi connectivity index (χ1v) is 7.99. The molecule has 0 aliphatic carbocycles. The third-order valence-electron chi connectivity index (χ3n) is 2.91. The number of nitrogens with one attached hydrogen (secondary N) is 1. The molecule has 19 heavy (non-hydrogen) atoms. The zero-order chi connectivity index (χ0) is 14.6. The summed E-state index contributed by atoms with van der Waals surface area (Å²) in [5, 5.41) is 2.91. The van der Waals surface area contributed by atoms with Gasteiger partial charge in [-0.3, -0.25) is 0 Å². The van der Waals surface area contributed by atoms with E-state index in [1.165, 1.54) is 18.2 Å². The smallest absolute Gasteiger partial charge is 0.151 e. The third-order valence-corrected chi connectivity index (χ3v) is 4.80. The second kappa shape index (κ2) is 6.43. The maximum absolute atomic E-state index is 13.6. The van der Waals surface area contributed by atoms with Crippen molar-refractivity contribution in [2.24, 2.45) is 0 Å². The van der Waals surface area contributed by atoms with Crippen molar-refractivity contribution in [2.75, 3.05) is 11.5 Å². The minimum absolute atomic E-state index is 0.0517. The summed E-state index contributed by atoms with van der Waals surface area (Å²) in [6.07, 6.45) is 0. The van der Waals surface area contributed by atoms with E-state index in [0.717, 1.165) is 0 Å². The summed E-state index contributed by atoms with van der Waals surface area (Å²) < 4.78 is 50.1. The van der Waals surface area contributed by atoms with Gasteiger partial charge in [-0.25, -0.2) is 17.2 Å². The zero-order valence-corrected chi connectivity index (χ0v) is 12.1. The van der Waals surface area contributed by atoms with Crippen molar-refractivity contribution >= 4 is 9.84 Å². The molecule has 0 aliphatic rings. The molecule has 2 atom stereocenters. The average molecular weight is 291 g/mol. The first-order valence-electron chi connectivity index (χ1n) is 6.17. The highest BCUT2D eigenvalue weighted by Crippen LogP contribution is 2.20. The predicted molar refractivity (Wildman–Crippen MR) is 71.7 cm³/mol. The Hall–Kier alpha value is -1.01. The number of hydrogen-bond donors (Lipinski definition) is 1. The number of hydrogen-bond acceptors (Lipinski definition) is 3. The van der Waals surface area contributed by atoms with Crippen LogP contribution in [0.5, 0.6) is 0 Å². The van der Waals surface area contributed by atoms with E-state index in [4.69, 9.17) is 0 Å². The summed E-state index contributed by atoms with van der Waals surface area (Å²) in [5.41, 5.74) is -0.0664. The lowest BCUT2D eigenvalue weighted by molar-refractivity contribution is 0.455. The number of benzene rings is 1. The Morgan fingerprint density at radius 3 is 2.21 bits per heavy atom. The summed E-state index contributed by atoms with van der Waals surface area (Å²) in [4.78, 5) is 0. The van der Waals surface area contributed by atoms with Crippen LogP contribution in [0, 0.1) is 11.6 Å². The highest BCUT2D eigenvalue weighted by molar-refractivity contribution is 7.91. The second-order valence-corrected chi connectivity index (χ2v) is 7.02. The topological polar surface area (TPSA) is 46.2 Å². The van der Waals surface area contributed by atoms with Gasteiger partial charge in [0.1, 0.15) is 11.6 Å². The molecule has 0 bridgehead atoms. The molecule has 6 heteroatoms. The van der Waals surface area contributed by atoms with Crippen LogP contribution < -0.4 is 5.32 Å². The summed E-state index contributed by atoms with van der Waals surface area (Å²) >= 11 is 0. The minimum atomic E-state index is -3.12. The third kappa shape index (κ3) is 4.54. The van der Waals surface area contributed by atoms with Gasteiger partial charge in [-0.05, 0) is 26.0 Å². The molecule has 108 valence electrons. The molecule has 1 rings (SSSR count). The van der Waals surface area contributed by atoms with Crippen molar-refractivity contribution in [3.05, 3.63) is 35.4 Å². The van der Waals surface area contributed by atoms with Gasteiger partial charge in [-0.1, -0.05) is 13.0 Å². The van der Waals surface area contributed by atoms with Crippen molar-refractivity contribution in [1.82, 2.24) is 5.32 Å². The Balaban J connectivity index is 2.77. The Labute approximate surface area is 112 Å². The van der Waals surface area contributed by atoms with E-state index in [1.807, 2.05) is 0 Å². The summed E-state index contributed by atoms with van der Waals surface area (Å²) in [7, 11) is -3.12. The van der Waals surface area contributed by atoms with Crippen LogP contribution in [0.15, 0.2) is 18.2 Å². The molecule has 3 nitrogen and oxygen atoms in total. The quantitative estimate of drug-likeness (QED) is 0.875. The van der Waals surface area contributed by atoms with E-state index in [-0.39, 0.29) is 23.1 Å². The Morgan fingerprint density at radius 1 is 1.21 bits per heavy atom. The maximum atomic E-state index is 13.6. The van der Waals surface area contributed by atoms with E-state index in [0.29, 0.717) is 0 Å². The molecule has 2 unspecified atom stereocenters. The van der Waals surface area contributed by atoms with Crippen LogP contribution in [-0.4, -0.2) is 26.0 Å². The molecule has 1 N–H and O–H groups in total. The fourth-order valence-electron chi connectivity index (χ4n) is 1.98. The molecule has 1 aromatic carbocycles. The van der Waals surface area contributed by atoms with Gasteiger partial charge in [-0.2, -0.15) is 0 Å². The van der Waals surface area contributed by atoms with Crippen molar-refractivity contribution in [2.45, 2.75) is 32.9 Å². The lowest BCUT2D eigenvalue weighted by atomic mass is 10.1. The van der Waals surface area contributed by atoms with Gasteiger partial charge >= 0.3 is 0 Å². The molecule has 0 heterocycles. The minimum Gasteiger partial charge on any atom is -0.306 e. The molecule has 0 aliphatic heterocycles. The second-order valence-electron chi connectivity index (χ2n) is 4.62. The largest absolute Gasteiger partial charge is 0.306 e. The van der Waals surface area contributed by atoms with Crippen molar-refractivity contribution in [3.63, 3.8) is 0 Å². The van der Waals surface area contributed by atoms with E-state index in [2.05, 4.69) is 5.32 Å². The first kappa shape index (κ1) is 16.0. The standard InChI is InChI=1S/C13H19F2NO2S/c1-4-19(17,18)8-9(2)16-10(3)13-11(14)6-5-7-12(13)15/h5-7,9-10,16H,4,8H2,1-3H3. The molecule has 1 aromatic rings. The molecule has 0 fully saturated rings. The first-order chi connectivity index (χ1) is 8.76. The van der Waals surface area contributed by atoms with Gasteiger partial charge in [0.15, 0.2) is 9.84 Å². The van der Waals surface area contributed by atoms with Crippen LogP contribution in [0.4, 0.5) is 8.78 Å². The summed E-state index contributed by atoms with van der Waals surface area (Å²) in [6.45, 7) is 4.86. The van der Waals surface area contributed by atoms with Gasteiger partial charge in [0.25, 0.3) is 0 Å². The average Bonchev–Trinajstić information content (AvgIpc) is 2.27. The normalized spacial score (nSPS) is 15.2. The Bertz CT molecular complexity index is 511. The van der Waals surface area contributed by atoms with Crippen LogP contribution in [-0.2, 0) is 9.84 Å². The van der Waals surface area contributed by atoms with E-state index in [9.17, 15) is 17.2 Å². The van der Waals surface area contributed by atoms with Gasteiger partial charge in [0, 0.05) is 23.4 Å². The molecular formula is C13H19F2NO2S. The molecule has 0 saturated carbocycles. The Kier molecular flexibility index (Phi) is 5.43. The number of rotatable bonds is 6. The van der Waals surface area contributed by atoms with Gasteiger partial charge < -0.3 is 5.32 Å². The lowest BCUT2D eigenvalue weighted by Crippen LogP contribution is -2.36. The molecule has 0 saturated heterocycles. The zero-order valence-electron chi connectivity index (χ0n) is 11.3. The maximum Gasteiger partial charge on any atom is 0.151 e. The highest BCUT2D eigenvalue weighted by atomic mass is 32.2. The monoisotopic (exact) mass is 291 g/mol. The fraction of sp³-hybridized carbons (Fsp3) is 0.538. The number of sulfone groups is 1. The van der Waals surface area contributed by atoms with Gasteiger partial charge in [-0.15, -0.1) is 0 Å². The SMILES string of the molecule is CCS(=O)(=O)CC(C)NC(C)c1c(F)cccc1F. The number of halogens is 2. The van der Waals surface area contributed by atoms with Crippen LogP contribution in [0.2, 0.25) is 0 Å². The van der Waals surface area contributed by atoms with Crippen LogP contribution in [0.3, 0.4) is 0 Å². The van der Waals surface area contributed by atoms with Crippen molar-refractivity contribution < 1.29 is 17.2 Å². The lowest BCUT2D eigenvalue weighted by Gasteiger charge is -2.21. The van der Waals surface area contributed by atoms with E-state index < -0.39 is 27.5 Å². The van der Waals surface area contributed by atoms with Crippen molar-refractivity contribution in [3.8, 4) is 0 Å². The molecule has 0 spiro atoms.